The number of benzene rings is 4. The standard InChI is InChI=1S/C40H32Cl2FN3O6/c1-2-52-32-5-3-4-29(35(32)47)34-27-18-19-28-33(38(50)45(36(28)48)26-16-10-23(42)11-17-26)30(27)20-31-37(49)46(44-25-14-12-24(43)13-15-25)39(51)40(31,34)21-6-8-22(41)9-7-21/h3-18,28,30-31,33-34,44,47H,2,19-20H2,1H3. The van der Waals surface area contributed by atoms with Gasteiger partial charge in [-0.1, -0.05) is 59.1 Å². The average molecular weight is 741 g/mol. The number of hydrogen-bond acceptors (Lipinski definition) is 7. The molecular formula is C40H32Cl2FN3O6. The molecule has 9 nitrogen and oxygen atoms in total. The number of carbonyl (C=O) groups excluding carboxylic acids is 4. The summed E-state index contributed by atoms with van der Waals surface area (Å²) in [6, 6.07) is 23.4. The molecular weight excluding hydrogens is 708 g/mol. The highest BCUT2D eigenvalue weighted by molar-refractivity contribution is 6.31. The number of para-hydroxylation sites is 1. The van der Waals surface area contributed by atoms with Gasteiger partial charge in [0.05, 0.1) is 41.2 Å². The van der Waals surface area contributed by atoms with Gasteiger partial charge >= 0.3 is 0 Å². The molecule has 1 saturated carbocycles. The second kappa shape index (κ2) is 12.8. The number of aromatic hydroxyl groups is 1. The van der Waals surface area contributed by atoms with Crippen molar-refractivity contribution in [3.63, 3.8) is 0 Å². The van der Waals surface area contributed by atoms with Crippen molar-refractivity contribution in [1.82, 2.24) is 5.01 Å². The molecule has 6 unspecified atom stereocenters. The number of ether oxygens (including phenoxy) is 1. The Bertz CT molecular complexity index is 2160. The van der Waals surface area contributed by atoms with Gasteiger partial charge in [0.1, 0.15) is 5.82 Å². The first-order valence-electron chi connectivity index (χ1n) is 17.0. The number of halogens is 3. The van der Waals surface area contributed by atoms with Crippen LogP contribution >= 0.6 is 23.2 Å². The smallest absolute Gasteiger partial charge is 0.260 e. The molecule has 8 rings (SSSR count). The number of phenols is 1. The fourth-order valence-corrected chi connectivity index (χ4v) is 9.14. The number of nitrogens with one attached hydrogen (secondary N) is 1. The number of fused-ring (bicyclic) bond motifs is 4. The first-order chi connectivity index (χ1) is 25.1. The Morgan fingerprint density at radius 1 is 0.865 bits per heavy atom. The third-order valence-electron chi connectivity index (χ3n) is 11.0. The van der Waals surface area contributed by atoms with Crippen LogP contribution in [0.5, 0.6) is 11.5 Å². The van der Waals surface area contributed by atoms with Crippen molar-refractivity contribution < 1.29 is 33.4 Å². The predicted molar refractivity (Wildman–Crippen MR) is 192 cm³/mol. The molecule has 4 amide bonds. The maximum absolute atomic E-state index is 15.3. The van der Waals surface area contributed by atoms with Gasteiger partial charge in [-0.05, 0) is 98.0 Å². The number of hydrogen-bond donors (Lipinski definition) is 2. The minimum Gasteiger partial charge on any atom is -0.504 e. The number of nitrogens with zero attached hydrogens (tertiary/aromatic N) is 2. The molecule has 0 radical (unpaired) electrons. The number of anilines is 2. The van der Waals surface area contributed by atoms with Gasteiger partial charge in [0, 0.05) is 21.5 Å². The molecule has 4 aromatic carbocycles. The molecule has 12 heteroatoms. The van der Waals surface area contributed by atoms with Gasteiger partial charge < -0.3 is 9.84 Å². The Hall–Kier alpha value is -5.19. The summed E-state index contributed by atoms with van der Waals surface area (Å²) in [7, 11) is 0. The van der Waals surface area contributed by atoms with Crippen molar-refractivity contribution in [1.29, 1.82) is 0 Å². The van der Waals surface area contributed by atoms with E-state index in [-0.39, 0.29) is 36.9 Å². The van der Waals surface area contributed by atoms with Crippen LogP contribution in [0.25, 0.3) is 0 Å². The second-order valence-electron chi connectivity index (χ2n) is 13.5. The van der Waals surface area contributed by atoms with E-state index in [0.29, 0.717) is 38.1 Å². The molecule has 4 aromatic rings. The van der Waals surface area contributed by atoms with Gasteiger partial charge in [-0.2, -0.15) is 5.01 Å². The molecule has 264 valence electrons. The van der Waals surface area contributed by atoms with Crippen molar-refractivity contribution in [2.24, 2.45) is 23.7 Å². The number of hydrazine groups is 1. The maximum atomic E-state index is 15.3. The van der Waals surface area contributed by atoms with Crippen LogP contribution in [0.4, 0.5) is 15.8 Å². The molecule has 2 aliphatic carbocycles. The predicted octanol–water partition coefficient (Wildman–Crippen LogP) is 7.43. The van der Waals surface area contributed by atoms with E-state index in [1.165, 1.54) is 29.2 Å². The lowest BCUT2D eigenvalue weighted by Crippen LogP contribution is -2.53. The monoisotopic (exact) mass is 739 g/mol. The number of amides is 4. The Balaban J connectivity index is 1.34. The van der Waals surface area contributed by atoms with Crippen LogP contribution in [0, 0.1) is 29.5 Å². The highest BCUT2D eigenvalue weighted by atomic mass is 35.5. The van der Waals surface area contributed by atoms with Crippen molar-refractivity contribution >= 4 is 58.2 Å². The zero-order chi connectivity index (χ0) is 36.5. The molecule has 52 heavy (non-hydrogen) atoms. The third-order valence-corrected chi connectivity index (χ3v) is 11.5. The summed E-state index contributed by atoms with van der Waals surface area (Å²) in [5, 5.41) is 13.7. The fraction of sp³-hybridized carbons (Fsp3) is 0.250. The molecule has 3 fully saturated rings. The summed E-state index contributed by atoms with van der Waals surface area (Å²) in [5.41, 5.74) is 3.45. The normalized spacial score (nSPS) is 26.5. The SMILES string of the molecule is CCOc1cccc(C2C3=CCC4C(=O)N(c5ccc(Cl)cc5)C(=O)C4C3CC3C(=O)N(Nc4ccc(F)cc4)C(=O)C32c2ccc(Cl)cc2)c1O. The molecule has 4 aliphatic rings. The summed E-state index contributed by atoms with van der Waals surface area (Å²) in [5.74, 6) is -6.67. The summed E-state index contributed by atoms with van der Waals surface area (Å²) in [4.78, 5) is 59.7. The topological polar surface area (TPSA) is 116 Å². The number of carbonyl (C=O) groups is 4. The molecule has 0 spiro atoms. The number of phenolic OH excluding ortho intramolecular Hbond substituents is 1. The summed E-state index contributed by atoms with van der Waals surface area (Å²) < 4.78 is 19.7. The van der Waals surface area contributed by atoms with E-state index in [0.717, 1.165) is 5.01 Å². The van der Waals surface area contributed by atoms with E-state index < -0.39 is 58.5 Å². The average Bonchev–Trinajstić information content (AvgIpc) is 3.52. The maximum Gasteiger partial charge on any atom is 0.260 e. The van der Waals surface area contributed by atoms with E-state index in [9.17, 15) is 23.9 Å². The van der Waals surface area contributed by atoms with Crippen LogP contribution in [0.3, 0.4) is 0 Å². The van der Waals surface area contributed by atoms with Crippen molar-refractivity contribution in [3.8, 4) is 11.5 Å². The highest BCUT2D eigenvalue weighted by Crippen LogP contribution is 2.65. The largest absolute Gasteiger partial charge is 0.504 e. The lowest BCUT2D eigenvalue weighted by Gasteiger charge is -2.50. The van der Waals surface area contributed by atoms with E-state index >= 15 is 4.79 Å². The molecule has 2 saturated heterocycles. The Labute approximate surface area is 308 Å². The summed E-state index contributed by atoms with van der Waals surface area (Å²) >= 11 is 12.5. The van der Waals surface area contributed by atoms with Crippen LogP contribution in [-0.2, 0) is 24.6 Å². The Kier molecular flexibility index (Phi) is 8.34. The lowest BCUT2D eigenvalue weighted by molar-refractivity contribution is -0.138. The van der Waals surface area contributed by atoms with Gasteiger partial charge in [0.25, 0.3) is 11.8 Å². The van der Waals surface area contributed by atoms with Gasteiger partial charge in [-0.25, -0.2) is 4.39 Å². The zero-order valence-corrected chi connectivity index (χ0v) is 29.3. The number of rotatable bonds is 7. The highest BCUT2D eigenvalue weighted by Gasteiger charge is 2.70. The fourth-order valence-electron chi connectivity index (χ4n) is 8.89. The lowest BCUT2D eigenvalue weighted by atomic mass is 9.49. The first kappa shape index (κ1) is 33.9. The number of allylic oxidation sites excluding steroid dienone is 2. The van der Waals surface area contributed by atoms with Crippen LogP contribution in [0.15, 0.2) is 103 Å². The van der Waals surface area contributed by atoms with Gasteiger partial charge in [0.15, 0.2) is 11.5 Å². The van der Waals surface area contributed by atoms with Crippen LogP contribution in [0.1, 0.15) is 36.8 Å². The molecule has 6 atom stereocenters. The van der Waals surface area contributed by atoms with Gasteiger partial charge in [-0.3, -0.25) is 29.5 Å². The molecule has 2 N–H and O–H groups in total. The molecule has 0 aromatic heterocycles. The first-order valence-corrected chi connectivity index (χ1v) is 17.8. The molecule has 2 heterocycles. The zero-order valence-electron chi connectivity index (χ0n) is 27.8. The van der Waals surface area contributed by atoms with E-state index in [1.54, 1.807) is 73.7 Å². The van der Waals surface area contributed by atoms with Crippen molar-refractivity contribution in [2.45, 2.75) is 31.1 Å². The van der Waals surface area contributed by atoms with Gasteiger partial charge in [-0.15, -0.1) is 0 Å². The second-order valence-corrected chi connectivity index (χ2v) is 14.4. The van der Waals surface area contributed by atoms with E-state index in [4.69, 9.17) is 27.9 Å². The van der Waals surface area contributed by atoms with Crippen LogP contribution in [-0.4, -0.2) is 40.4 Å². The van der Waals surface area contributed by atoms with E-state index in [2.05, 4.69) is 5.43 Å². The molecule has 0 bridgehead atoms. The van der Waals surface area contributed by atoms with Crippen molar-refractivity contribution in [2.75, 3.05) is 16.9 Å². The summed E-state index contributed by atoms with van der Waals surface area (Å²) in [6.07, 6.45) is 2.16. The minimum absolute atomic E-state index is 0.0533. The van der Waals surface area contributed by atoms with Gasteiger partial charge in [0.2, 0.25) is 11.8 Å². The number of imide groups is 2. The van der Waals surface area contributed by atoms with Crippen molar-refractivity contribution in [3.05, 3.63) is 130 Å². The summed E-state index contributed by atoms with van der Waals surface area (Å²) in [6.45, 7) is 2.04. The van der Waals surface area contributed by atoms with Crippen LogP contribution in [0.2, 0.25) is 10.0 Å². The molecule has 2 aliphatic heterocycles. The Morgan fingerprint density at radius 2 is 1.54 bits per heavy atom. The Morgan fingerprint density at radius 3 is 2.21 bits per heavy atom. The minimum atomic E-state index is -1.65. The van der Waals surface area contributed by atoms with Crippen LogP contribution < -0.4 is 15.1 Å². The van der Waals surface area contributed by atoms with E-state index in [1.807, 2.05) is 6.08 Å². The third kappa shape index (κ3) is 5.03. The quantitative estimate of drug-likeness (QED) is 0.150.